The number of aryl methyl sites for hydroxylation is 2. The number of rotatable bonds is 4. The number of aromatic nitrogens is 1. The van der Waals surface area contributed by atoms with E-state index in [-0.39, 0.29) is 12.0 Å². The standard InChI is InChI=1S/C16H16F3NO/c1-11-2-4-12(5-3-11)6-7-15(21)13-10-20-9-8-14(13)16(17,18)19/h2-5,8-10,15,21H,6-7H2,1H3. The van der Waals surface area contributed by atoms with Crippen LogP contribution in [0.1, 0.15) is 34.8 Å². The third kappa shape index (κ3) is 4.04. The maximum atomic E-state index is 12.9. The highest BCUT2D eigenvalue weighted by Gasteiger charge is 2.34. The van der Waals surface area contributed by atoms with E-state index in [1.807, 2.05) is 31.2 Å². The second kappa shape index (κ2) is 6.26. The van der Waals surface area contributed by atoms with Crippen LogP contribution in [0.2, 0.25) is 0 Å². The van der Waals surface area contributed by atoms with Gasteiger partial charge in [0, 0.05) is 18.0 Å². The largest absolute Gasteiger partial charge is 0.416 e. The second-order valence-electron chi connectivity index (χ2n) is 5.00. The summed E-state index contributed by atoms with van der Waals surface area (Å²) in [6.45, 7) is 1.96. The average molecular weight is 295 g/mol. The minimum Gasteiger partial charge on any atom is -0.388 e. The van der Waals surface area contributed by atoms with Gasteiger partial charge in [0.05, 0.1) is 11.7 Å². The summed E-state index contributed by atoms with van der Waals surface area (Å²) in [5, 5.41) is 10.0. The molecule has 2 aromatic rings. The Hall–Kier alpha value is -1.88. The minimum absolute atomic E-state index is 0.169. The molecule has 1 heterocycles. The SMILES string of the molecule is Cc1ccc(CCC(O)c2cnccc2C(F)(F)F)cc1. The predicted octanol–water partition coefficient (Wildman–Crippen LogP) is 4.08. The fraction of sp³-hybridized carbons (Fsp3) is 0.312. The maximum absolute atomic E-state index is 12.9. The van der Waals surface area contributed by atoms with Gasteiger partial charge in [-0.25, -0.2) is 0 Å². The number of hydrogen-bond acceptors (Lipinski definition) is 2. The number of hydrogen-bond donors (Lipinski definition) is 1. The number of alkyl halides is 3. The molecule has 1 aromatic carbocycles. The van der Waals surface area contributed by atoms with Crippen molar-refractivity contribution in [2.24, 2.45) is 0 Å². The summed E-state index contributed by atoms with van der Waals surface area (Å²) in [5.41, 5.74) is 1.11. The Bertz CT molecular complexity index is 593. The van der Waals surface area contributed by atoms with Crippen LogP contribution in [-0.4, -0.2) is 10.1 Å². The lowest BCUT2D eigenvalue weighted by atomic mass is 9.98. The van der Waals surface area contributed by atoms with Crippen molar-refractivity contribution in [1.82, 2.24) is 4.98 Å². The van der Waals surface area contributed by atoms with Gasteiger partial charge in [0.25, 0.3) is 0 Å². The molecule has 2 nitrogen and oxygen atoms in total. The van der Waals surface area contributed by atoms with Crippen LogP contribution >= 0.6 is 0 Å². The number of halogens is 3. The van der Waals surface area contributed by atoms with Crippen molar-refractivity contribution in [3.8, 4) is 0 Å². The molecule has 5 heteroatoms. The Labute approximate surface area is 121 Å². The molecule has 0 aliphatic heterocycles. The Morgan fingerprint density at radius 1 is 1.14 bits per heavy atom. The van der Waals surface area contributed by atoms with E-state index in [0.717, 1.165) is 29.6 Å². The second-order valence-corrected chi connectivity index (χ2v) is 5.00. The van der Waals surface area contributed by atoms with Crippen molar-refractivity contribution in [2.75, 3.05) is 0 Å². The zero-order valence-corrected chi connectivity index (χ0v) is 11.6. The van der Waals surface area contributed by atoms with E-state index in [9.17, 15) is 18.3 Å². The molecule has 2 rings (SSSR count). The van der Waals surface area contributed by atoms with Crippen LogP contribution in [0.4, 0.5) is 13.2 Å². The van der Waals surface area contributed by atoms with Gasteiger partial charge in [-0.1, -0.05) is 29.8 Å². The first-order chi connectivity index (χ1) is 9.88. The Morgan fingerprint density at radius 3 is 2.43 bits per heavy atom. The summed E-state index contributed by atoms with van der Waals surface area (Å²) in [5.74, 6) is 0. The van der Waals surface area contributed by atoms with Gasteiger partial charge in [-0.2, -0.15) is 13.2 Å². The summed E-state index contributed by atoms with van der Waals surface area (Å²) in [6.07, 6.45) is -2.77. The van der Waals surface area contributed by atoms with E-state index in [1.165, 1.54) is 0 Å². The van der Waals surface area contributed by atoms with Gasteiger partial charge < -0.3 is 5.11 Å². The van der Waals surface area contributed by atoms with Gasteiger partial charge >= 0.3 is 6.18 Å². The average Bonchev–Trinajstić information content (AvgIpc) is 2.45. The molecule has 0 amide bonds. The molecule has 0 bridgehead atoms. The number of pyridine rings is 1. The van der Waals surface area contributed by atoms with Crippen LogP contribution in [0.3, 0.4) is 0 Å². The van der Waals surface area contributed by atoms with Gasteiger partial charge in [-0.15, -0.1) is 0 Å². The molecule has 1 N–H and O–H groups in total. The van der Waals surface area contributed by atoms with Crippen molar-refractivity contribution in [3.63, 3.8) is 0 Å². The van der Waals surface area contributed by atoms with E-state index in [4.69, 9.17) is 0 Å². The van der Waals surface area contributed by atoms with Gasteiger partial charge in [0.2, 0.25) is 0 Å². The number of aliphatic hydroxyl groups is 1. The quantitative estimate of drug-likeness (QED) is 0.922. The third-order valence-corrected chi connectivity index (χ3v) is 3.34. The van der Waals surface area contributed by atoms with E-state index in [0.29, 0.717) is 6.42 Å². The highest BCUT2D eigenvalue weighted by atomic mass is 19.4. The molecule has 0 aliphatic rings. The molecule has 0 saturated heterocycles. The lowest BCUT2D eigenvalue weighted by Crippen LogP contribution is -2.13. The highest BCUT2D eigenvalue weighted by molar-refractivity contribution is 5.28. The van der Waals surface area contributed by atoms with E-state index in [2.05, 4.69) is 4.98 Å². The maximum Gasteiger partial charge on any atom is 0.416 e. The lowest BCUT2D eigenvalue weighted by Gasteiger charge is -2.16. The zero-order chi connectivity index (χ0) is 15.5. The van der Waals surface area contributed by atoms with Gasteiger partial charge in [0.1, 0.15) is 0 Å². The first-order valence-electron chi connectivity index (χ1n) is 6.62. The fourth-order valence-electron chi connectivity index (χ4n) is 2.14. The number of benzene rings is 1. The molecule has 1 atom stereocenters. The number of nitrogens with zero attached hydrogens (tertiary/aromatic N) is 1. The molecule has 0 saturated carbocycles. The summed E-state index contributed by atoms with van der Waals surface area (Å²) in [4.78, 5) is 3.69. The van der Waals surface area contributed by atoms with Crippen molar-refractivity contribution < 1.29 is 18.3 Å². The van der Waals surface area contributed by atoms with E-state index >= 15 is 0 Å². The Kier molecular flexibility index (Phi) is 4.63. The Morgan fingerprint density at radius 2 is 1.81 bits per heavy atom. The van der Waals surface area contributed by atoms with E-state index in [1.54, 1.807) is 0 Å². The van der Waals surface area contributed by atoms with Gasteiger partial charge in [-0.05, 0) is 31.4 Å². The van der Waals surface area contributed by atoms with Crippen LogP contribution < -0.4 is 0 Å². The van der Waals surface area contributed by atoms with Crippen molar-refractivity contribution in [2.45, 2.75) is 32.0 Å². The van der Waals surface area contributed by atoms with Crippen LogP contribution in [-0.2, 0) is 12.6 Å². The summed E-state index contributed by atoms with van der Waals surface area (Å²) in [6, 6.07) is 8.59. The van der Waals surface area contributed by atoms with Crippen LogP contribution in [0.25, 0.3) is 0 Å². The van der Waals surface area contributed by atoms with Crippen molar-refractivity contribution in [3.05, 3.63) is 65.0 Å². The Balaban J connectivity index is 2.10. The summed E-state index contributed by atoms with van der Waals surface area (Å²) < 4.78 is 38.6. The summed E-state index contributed by atoms with van der Waals surface area (Å²) in [7, 11) is 0. The monoisotopic (exact) mass is 295 g/mol. The van der Waals surface area contributed by atoms with Crippen LogP contribution in [0, 0.1) is 6.92 Å². The predicted molar refractivity (Wildman–Crippen MR) is 73.7 cm³/mol. The molecule has 0 aliphatic carbocycles. The van der Waals surface area contributed by atoms with Gasteiger partial charge in [0.15, 0.2) is 0 Å². The van der Waals surface area contributed by atoms with Gasteiger partial charge in [-0.3, -0.25) is 4.98 Å². The molecule has 112 valence electrons. The fourth-order valence-corrected chi connectivity index (χ4v) is 2.14. The summed E-state index contributed by atoms with van der Waals surface area (Å²) >= 11 is 0. The molecule has 21 heavy (non-hydrogen) atoms. The molecular formula is C16H16F3NO. The molecule has 0 spiro atoms. The van der Waals surface area contributed by atoms with Crippen molar-refractivity contribution >= 4 is 0 Å². The molecular weight excluding hydrogens is 279 g/mol. The van der Waals surface area contributed by atoms with Crippen molar-refractivity contribution in [1.29, 1.82) is 0 Å². The normalized spacial score (nSPS) is 13.2. The zero-order valence-electron chi connectivity index (χ0n) is 11.6. The van der Waals surface area contributed by atoms with Crippen LogP contribution in [0.15, 0.2) is 42.7 Å². The van der Waals surface area contributed by atoms with Crippen LogP contribution in [0.5, 0.6) is 0 Å². The first kappa shape index (κ1) is 15.5. The minimum atomic E-state index is -4.48. The molecule has 0 radical (unpaired) electrons. The topological polar surface area (TPSA) is 33.1 Å². The lowest BCUT2D eigenvalue weighted by molar-refractivity contribution is -0.139. The van der Waals surface area contributed by atoms with E-state index < -0.39 is 17.8 Å². The molecule has 1 unspecified atom stereocenters. The molecule has 1 aromatic heterocycles. The third-order valence-electron chi connectivity index (χ3n) is 3.34. The molecule has 0 fully saturated rings. The first-order valence-corrected chi connectivity index (χ1v) is 6.62. The number of aliphatic hydroxyl groups excluding tert-OH is 1. The smallest absolute Gasteiger partial charge is 0.388 e. The highest BCUT2D eigenvalue weighted by Crippen LogP contribution is 2.35.